The van der Waals surface area contributed by atoms with Crippen LogP contribution in [0.25, 0.3) is 22.3 Å². The highest BCUT2D eigenvalue weighted by Crippen LogP contribution is 2.43. The zero-order chi connectivity index (χ0) is 21.5. The van der Waals surface area contributed by atoms with Gasteiger partial charge in [-0.2, -0.15) is 0 Å². The summed E-state index contributed by atoms with van der Waals surface area (Å²) in [6.45, 7) is 5.98. The van der Waals surface area contributed by atoms with Gasteiger partial charge in [-0.25, -0.2) is 0 Å². The van der Waals surface area contributed by atoms with Crippen LogP contribution in [0.1, 0.15) is 54.1 Å². The maximum atomic E-state index is 13.3. The van der Waals surface area contributed by atoms with E-state index >= 15 is 0 Å². The smallest absolute Gasteiger partial charge is 0.196 e. The van der Waals surface area contributed by atoms with Crippen LogP contribution in [0.4, 0.5) is 5.69 Å². The molecule has 31 heavy (non-hydrogen) atoms. The Labute approximate surface area is 182 Å². The summed E-state index contributed by atoms with van der Waals surface area (Å²) in [5.41, 5.74) is 6.44. The molecule has 2 aromatic carbocycles. The first kappa shape index (κ1) is 19.6. The van der Waals surface area contributed by atoms with Crippen molar-refractivity contribution in [2.75, 3.05) is 5.32 Å². The van der Waals surface area contributed by atoms with Crippen LogP contribution in [0.15, 0.2) is 70.0 Å². The van der Waals surface area contributed by atoms with Crippen molar-refractivity contribution >= 4 is 16.7 Å². The number of aromatic nitrogens is 1. The molecule has 4 nitrogen and oxygen atoms in total. The molecule has 1 fully saturated rings. The number of nitrogens with zero attached hydrogens (tertiary/aromatic N) is 1. The maximum Gasteiger partial charge on any atom is 0.196 e. The van der Waals surface area contributed by atoms with Crippen molar-refractivity contribution in [2.24, 2.45) is 0 Å². The van der Waals surface area contributed by atoms with Crippen LogP contribution in [0.3, 0.4) is 0 Å². The van der Waals surface area contributed by atoms with Gasteiger partial charge >= 0.3 is 0 Å². The molecule has 0 spiro atoms. The number of rotatable bonds is 5. The summed E-state index contributed by atoms with van der Waals surface area (Å²) in [6, 6.07) is 17.9. The van der Waals surface area contributed by atoms with E-state index in [1.165, 1.54) is 12.8 Å². The number of hydrogen-bond acceptors (Lipinski definition) is 4. The number of aryl methyl sites for hydroxylation is 1. The molecule has 0 amide bonds. The molecular formula is C27H26N2O2. The Morgan fingerprint density at radius 3 is 2.58 bits per heavy atom. The Balaban J connectivity index is 1.64. The second kappa shape index (κ2) is 7.69. The highest BCUT2D eigenvalue weighted by Gasteiger charge is 2.28. The van der Waals surface area contributed by atoms with Crippen LogP contribution < -0.4 is 10.7 Å². The zero-order valence-electron chi connectivity index (χ0n) is 18.1. The van der Waals surface area contributed by atoms with E-state index < -0.39 is 0 Å². The molecule has 1 aliphatic carbocycles. The molecule has 2 aromatic heterocycles. The summed E-state index contributed by atoms with van der Waals surface area (Å²) < 4.78 is 6.44. The Kier molecular flexibility index (Phi) is 4.85. The van der Waals surface area contributed by atoms with E-state index in [1.807, 2.05) is 62.5 Å². The maximum absolute atomic E-state index is 13.3. The second-order valence-electron chi connectivity index (χ2n) is 8.56. The molecule has 0 aliphatic heterocycles. The van der Waals surface area contributed by atoms with Gasteiger partial charge < -0.3 is 9.73 Å². The summed E-state index contributed by atoms with van der Waals surface area (Å²) >= 11 is 0. The average molecular weight is 411 g/mol. The lowest BCUT2D eigenvalue weighted by Crippen LogP contribution is -2.13. The molecule has 1 aliphatic rings. The van der Waals surface area contributed by atoms with Gasteiger partial charge in [0.25, 0.3) is 0 Å². The summed E-state index contributed by atoms with van der Waals surface area (Å²) in [6.07, 6.45) is 4.25. The van der Waals surface area contributed by atoms with E-state index in [1.54, 1.807) is 0 Å². The van der Waals surface area contributed by atoms with Crippen LogP contribution in [0.2, 0.25) is 0 Å². The fourth-order valence-electron chi connectivity index (χ4n) is 4.29. The number of hydrogen-bond donors (Lipinski definition) is 1. The van der Waals surface area contributed by atoms with Gasteiger partial charge in [-0.1, -0.05) is 36.4 Å². The van der Waals surface area contributed by atoms with Gasteiger partial charge in [0, 0.05) is 28.8 Å². The molecule has 1 atom stereocenters. The van der Waals surface area contributed by atoms with Gasteiger partial charge in [-0.3, -0.25) is 9.78 Å². The van der Waals surface area contributed by atoms with Crippen LogP contribution >= 0.6 is 0 Å². The van der Waals surface area contributed by atoms with E-state index in [4.69, 9.17) is 4.42 Å². The molecule has 1 saturated carbocycles. The molecule has 1 N–H and O–H groups in total. The molecule has 0 unspecified atom stereocenters. The third-order valence-electron chi connectivity index (χ3n) is 6.07. The molecule has 5 rings (SSSR count). The normalized spacial score (nSPS) is 14.5. The number of fused-ring (bicyclic) bond motifs is 1. The fourth-order valence-corrected chi connectivity index (χ4v) is 4.29. The molecule has 4 aromatic rings. The zero-order valence-corrected chi connectivity index (χ0v) is 18.1. The third-order valence-corrected chi connectivity index (χ3v) is 6.07. The van der Waals surface area contributed by atoms with Gasteiger partial charge in [0.15, 0.2) is 5.43 Å². The van der Waals surface area contributed by atoms with Crippen molar-refractivity contribution in [2.45, 2.75) is 45.6 Å². The van der Waals surface area contributed by atoms with Crippen molar-refractivity contribution in [3.05, 3.63) is 93.4 Å². The summed E-state index contributed by atoms with van der Waals surface area (Å²) in [5.74, 6) is 1.19. The lowest BCUT2D eigenvalue weighted by atomic mass is 9.98. The average Bonchev–Trinajstić information content (AvgIpc) is 3.62. The SMILES string of the molecule is Cc1cc([C@@H](C)Nc2cccnc2C2CC2)c2oc(-c3ccccc3)c(C)c(=O)c2c1. The van der Waals surface area contributed by atoms with Gasteiger partial charge in [-0.05, 0) is 57.4 Å². The third kappa shape index (κ3) is 3.63. The fraction of sp³-hybridized carbons (Fsp3) is 0.259. The Morgan fingerprint density at radius 1 is 1.06 bits per heavy atom. The molecule has 0 bridgehead atoms. The first-order valence-corrected chi connectivity index (χ1v) is 10.9. The summed E-state index contributed by atoms with van der Waals surface area (Å²) in [4.78, 5) is 17.9. The van der Waals surface area contributed by atoms with Crippen LogP contribution in [0.5, 0.6) is 0 Å². The summed E-state index contributed by atoms with van der Waals surface area (Å²) in [5, 5.41) is 4.27. The number of nitrogens with one attached hydrogen (secondary N) is 1. The largest absolute Gasteiger partial charge is 0.455 e. The molecule has 4 heteroatoms. The van der Waals surface area contributed by atoms with Gasteiger partial charge in [0.2, 0.25) is 0 Å². The topological polar surface area (TPSA) is 55.1 Å². The summed E-state index contributed by atoms with van der Waals surface area (Å²) in [7, 11) is 0. The predicted octanol–water partition coefficient (Wildman–Crippen LogP) is 6.52. The molecule has 2 heterocycles. The van der Waals surface area contributed by atoms with E-state index in [2.05, 4.69) is 29.4 Å². The van der Waals surface area contributed by atoms with Gasteiger partial charge in [0.1, 0.15) is 11.3 Å². The lowest BCUT2D eigenvalue weighted by molar-refractivity contribution is 0.605. The van der Waals surface area contributed by atoms with Crippen molar-refractivity contribution in [1.82, 2.24) is 4.98 Å². The van der Waals surface area contributed by atoms with E-state index in [0.717, 1.165) is 28.1 Å². The lowest BCUT2D eigenvalue weighted by Gasteiger charge is -2.20. The van der Waals surface area contributed by atoms with E-state index in [0.29, 0.717) is 28.2 Å². The Bertz CT molecular complexity index is 1320. The van der Waals surface area contributed by atoms with E-state index in [9.17, 15) is 4.79 Å². The first-order chi connectivity index (χ1) is 15.0. The predicted molar refractivity (Wildman–Crippen MR) is 126 cm³/mol. The van der Waals surface area contributed by atoms with Gasteiger partial charge in [-0.15, -0.1) is 0 Å². The number of anilines is 1. The number of benzene rings is 2. The minimum Gasteiger partial charge on any atom is -0.455 e. The first-order valence-electron chi connectivity index (χ1n) is 10.9. The van der Waals surface area contributed by atoms with Crippen molar-refractivity contribution in [3.8, 4) is 11.3 Å². The number of pyridine rings is 1. The standard InChI is InChI=1S/C27H26N2O2/c1-16-14-21(18(3)29-23-10-7-13-28-24(23)19-11-12-19)27-22(15-16)25(30)17(2)26(31-27)20-8-5-4-6-9-20/h4-10,13-15,18-19,29H,11-12H2,1-3H3/t18-/m1/s1. The van der Waals surface area contributed by atoms with Gasteiger partial charge in [0.05, 0.1) is 22.8 Å². The van der Waals surface area contributed by atoms with Crippen LogP contribution in [0, 0.1) is 13.8 Å². The van der Waals surface area contributed by atoms with Crippen molar-refractivity contribution < 1.29 is 4.42 Å². The monoisotopic (exact) mass is 410 g/mol. The molecule has 156 valence electrons. The van der Waals surface area contributed by atoms with Crippen molar-refractivity contribution in [1.29, 1.82) is 0 Å². The molecular weight excluding hydrogens is 384 g/mol. The second-order valence-corrected chi connectivity index (χ2v) is 8.56. The van der Waals surface area contributed by atoms with Crippen molar-refractivity contribution in [3.63, 3.8) is 0 Å². The Hall–Kier alpha value is -3.40. The quantitative estimate of drug-likeness (QED) is 0.407. The highest BCUT2D eigenvalue weighted by molar-refractivity contribution is 5.84. The van der Waals surface area contributed by atoms with E-state index in [-0.39, 0.29) is 11.5 Å². The Morgan fingerprint density at radius 2 is 1.84 bits per heavy atom. The molecule has 0 saturated heterocycles. The molecule has 0 radical (unpaired) electrons. The minimum absolute atomic E-state index is 0.0253. The highest BCUT2D eigenvalue weighted by atomic mass is 16.3. The van der Waals surface area contributed by atoms with Crippen LogP contribution in [-0.2, 0) is 0 Å². The van der Waals surface area contributed by atoms with Crippen LogP contribution in [-0.4, -0.2) is 4.98 Å². The minimum atomic E-state index is -0.0430.